The molecule has 0 aliphatic carbocycles. The minimum Gasteiger partial charge on any atom is -0.338 e. The van der Waals surface area contributed by atoms with E-state index in [4.69, 9.17) is 5.73 Å². The van der Waals surface area contributed by atoms with Crippen molar-refractivity contribution in [2.75, 3.05) is 0 Å². The average Bonchev–Trinajstić information content (AvgIpc) is 2.90. The summed E-state index contributed by atoms with van der Waals surface area (Å²) in [5, 5.41) is 0. The van der Waals surface area contributed by atoms with Gasteiger partial charge in [0.15, 0.2) is 0 Å². The van der Waals surface area contributed by atoms with Gasteiger partial charge in [-0.25, -0.2) is 4.98 Å². The number of hydrogen-bond acceptors (Lipinski definition) is 2. The molecule has 1 aromatic heterocycles. The lowest BCUT2D eigenvalue weighted by Crippen LogP contribution is -1.95. The lowest BCUT2D eigenvalue weighted by Gasteiger charge is -2.03. The van der Waals surface area contributed by atoms with Gasteiger partial charge in [-0.3, -0.25) is 0 Å². The van der Waals surface area contributed by atoms with E-state index in [-0.39, 0.29) is 0 Å². The van der Waals surface area contributed by atoms with Crippen LogP contribution in [0.4, 0.5) is 0 Å². The zero-order valence-electron chi connectivity index (χ0n) is 11.9. The summed E-state index contributed by atoms with van der Waals surface area (Å²) in [6.45, 7) is 4.96. The van der Waals surface area contributed by atoms with E-state index in [2.05, 4.69) is 54.1 Å². The van der Waals surface area contributed by atoms with Crippen molar-refractivity contribution >= 4 is 11.0 Å². The molecule has 0 amide bonds. The van der Waals surface area contributed by atoms with Gasteiger partial charge in [0.05, 0.1) is 11.0 Å². The molecule has 3 nitrogen and oxygen atoms in total. The van der Waals surface area contributed by atoms with Gasteiger partial charge in [0.1, 0.15) is 5.82 Å². The minimum absolute atomic E-state index is 0.523. The molecular formula is C17H19N3. The van der Waals surface area contributed by atoms with Crippen LogP contribution in [0.5, 0.6) is 0 Å². The van der Waals surface area contributed by atoms with Crippen molar-refractivity contribution in [1.29, 1.82) is 0 Å². The number of H-pyrrole nitrogens is 1. The van der Waals surface area contributed by atoms with Crippen LogP contribution < -0.4 is 5.73 Å². The molecule has 0 atom stereocenters. The van der Waals surface area contributed by atoms with E-state index in [1.807, 2.05) is 12.1 Å². The monoisotopic (exact) mass is 265 g/mol. The van der Waals surface area contributed by atoms with Crippen LogP contribution in [0, 0.1) is 0 Å². The first-order valence-electron chi connectivity index (χ1n) is 6.96. The number of nitrogens with zero attached hydrogens (tertiary/aromatic N) is 1. The standard InChI is InChI=1S/C17H19N3/c1-11(2)14-7-8-15-16(9-14)20-17(19-15)13-5-3-12(10-18)4-6-13/h3-9,11H,10,18H2,1-2H3,(H,19,20). The fourth-order valence-electron chi connectivity index (χ4n) is 2.32. The number of fused-ring (bicyclic) bond motifs is 1. The summed E-state index contributed by atoms with van der Waals surface area (Å²) in [5.41, 5.74) is 11.3. The van der Waals surface area contributed by atoms with Gasteiger partial charge in [-0.05, 0) is 29.2 Å². The fraction of sp³-hybridized carbons (Fsp3) is 0.235. The third kappa shape index (κ3) is 2.32. The quantitative estimate of drug-likeness (QED) is 0.756. The summed E-state index contributed by atoms with van der Waals surface area (Å²) >= 11 is 0. The highest BCUT2D eigenvalue weighted by atomic mass is 14.9. The predicted molar refractivity (Wildman–Crippen MR) is 83.5 cm³/mol. The summed E-state index contributed by atoms with van der Waals surface area (Å²) in [6.07, 6.45) is 0. The molecule has 3 rings (SSSR count). The van der Waals surface area contributed by atoms with Gasteiger partial charge in [0.25, 0.3) is 0 Å². The molecule has 2 aromatic carbocycles. The summed E-state index contributed by atoms with van der Waals surface area (Å²) in [7, 11) is 0. The molecule has 20 heavy (non-hydrogen) atoms. The Kier molecular flexibility index (Phi) is 3.28. The Balaban J connectivity index is 2.03. The van der Waals surface area contributed by atoms with E-state index < -0.39 is 0 Å². The molecule has 102 valence electrons. The van der Waals surface area contributed by atoms with Crippen LogP contribution in [0.15, 0.2) is 42.5 Å². The van der Waals surface area contributed by atoms with Gasteiger partial charge in [0, 0.05) is 12.1 Å². The SMILES string of the molecule is CC(C)c1ccc2nc(-c3ccc(CN)cc3)[nH]c2c1. The van der Waals surface area contributed by atoms with Crippen molar-refractivity contribution in [1.82, 2.24) is 9.97 Å². The molecule has 0 spiro atoms. The summed E-state index contributed by atoms with van der Waals surface area (Å²) < 4.78 is 0. The Bertz CT molecular complexity index is 724. The highest BCUT2D eigenvalue weighted by molar-refractivity contribution is 5.80. The van der Waals surface area contributed by atoms with Gasteiger partial charge in [-0.2, -0.15) is 0 Å². The van der Waals surface area contributed by atoms with Crippen molar-refractivity contribution in [3.05, 3.63) is 53.6 Å². The second-order valence-electron chi connectivity index (χ2n) is 5.42. The van der Waals surface area contributed by atoms with E-state index >= 15 is 0 Å². The van der Waals surface area contributed by atoms with Crippen LogP contribution in [-0.4, -0.2) is 9.97 Å². The first-order valence-corrected chi connectivity index (χ1v) is 6.96. The van der Waals surface area contributed by atoms with Crippen LogP contribution in [0.1, 0.15) is 30.9 Å². The molecule has 0 fully saturated rings. The van der Waals surface area contributed by atoms with Crippen LogP contribution in [0.2, 0.25) is 0 Å². The summed E-state index contributed by atoms with van der Waals surface area (Å²) in [4.78, 5) is 8.05. The maximum absolute atomic E-state index is 5.62. The zero-order chi connectivity index (χ0) is 14.1. The molecule has 0 bridgehead atoms. The Morgan fingerprint density at radius 2 is 1.85 bits per heavy atom. The van der Waals surface area contributed by atoms with E-state index in [0.29, 0.717) is 12.5 Å². The van der Waals surface area contributed by atoms with Crippen molar-refractivity contribution in [3.63, 3.8) is 0 Å². The molecule has 1 heterocycles. The van der Waals surface area contributed by atoms with E-state index in [1.165, 1.54) is 5.56 Å². The Labute approximate surface area is 118 Å². The number of nitrogens with two attached hydrogens (primary N) is 1. The van der Waals surface area contributed by atoms with Gasteiger partial charge < -0.3 is 10.7 Å². The smallest absolute Gasteiger partial charge is 0.138 e. The largest absolute Gasteiger partial charge is 0.338 e. The number of nitrogens with one attached hydrogen (secondary N) is 1. The first kappa shape index (κ1) is 12.9. The Morgan fingerprint density at radius 3 is 2.50 bits per heavy atom. The fourth-order valence-corrected chi connectivity index (χ4v) is 2.32. The minimum atomic E-state index is 0.523. The van der Waals surface area contributed by atoms with E-state index in [1.54, 1.807) is 0 Å². The third-order valence-electron chi connectivity index (χ3n) is 3.64. The molecule has 0 radical (unpaired) electrons. The van der Waals surface area contributed by atoms with E-state index in [9.17, 15) is 0 Å². The number of benzene rings is 2. The molecule has 0 aliphatic rings. The zero-order valence-corrected chi connectivity index (χ0v) is 11.9. The Hall–Kier alpha value is -2.13. The third-order valence-corrected chi connectivity index (χ3v) is 3.64. The van der Waals surface area contributed by atoms with Crippen LogP contribution in [0.3, 0.4) is 0 Å². The van der Waals surface area contributed by atoms with Crippen LogP contribution in [0.25, 0.3) is 22.4 Å². The van der Waals surface area contributed by atoms with Gasteiger partial charge >= 0.3 is 0 Å². The second-order valence-corrected chi connectivity index (χ2v) is 5.42. The molecule has 3 heteroatoms. The number of hydrogen-bond donors (Lipinski definition) is 2. The normalized spacial score (nSPS) is 11.4. The second kappa shape index (κ2) is 5.10. The Morgan fingerprint density at radius 1 is 1.10 bits per heavy atom. The lowest BCUT2D eigenvalue weighted by molar-refractivity contribution is 0.868. The maximum Gasteiger partial charge on any atom is 0.138 e. The van der Waals surface area contributed by atoms with Gasteiger partial charge in [-0.1, -0.05) is 44.2 Å². The van der Waals surface area contributed by atoms with E-state index in [0.717, 1.165) is 28.0 Å². The number of imidazole rings is 1. The average molecular weight is 265 g/mol. The number of aromatic nitrogens is 2. The molecule has 0 saturated heterocycles. The van der Waals surface area contributed by atoms with Gasteiger partial charge in [-0.15, -0.1) is 0 Å². The highest BCUT2D eigenvalue weighted by Crippen LogP contribution is 2.24. The van der Waals surface area contributed by atoms with Crippen molar-refractivity contribution in [2.24, 2.45) is 5.73 Å². The molecule has 0 aliphatic heterocycles. The molecule has 3 aromatic rings. The van der Waals surface area contributed by atoms with Crippen molar-refractivity contribution in [3.8, 4) is 11.4 Å². The lowest BCUT2D eigenvalue weighted by atomic mass is 10.0. The van der Waals surface area contributed by atoms with Crippen LogP contribution in [-0.2, 0) is 6.54 Å². The van der Waals surface area contributed by atoms with Crippen molar-refractivity contribution in [2.45, 2.75) is 26.3 Å². The summed E-state index contributed by atoms with van der Waals surface area (Å²) in [6, 6.07) is 14.6. The molecular weight excluding hydrogens is 246 g/mol. The molecule has 0 unspecified atom stereocenters. The number of aromatic amines is 1. The number of rotatable bonds is 3. The first-order chi connectivity index (χ1) is 9.67. The summed E-state index contributed by atoms with van der Waals surface area (Å²) in [5.74, 6) is 1.43. The highest BCUT2D eigenvalue weighted by Gasteiger charge is 2.07. The van der Waals surface area contributed by atoms with Crippen LogP contribution >= 0.6 is 0 Å². The van der Waals surface area contributed by atoms with Crippen molar-refractivity contribution < 1.29 is 0 Å². The maximum atomic E-state index is 5.62. The molecule has 0 saturated carbocycles. The predicted octanol–water partition coefficient (Wildman–Crippen LogP) is 3.81. The topological polar surface area (TPSA) is 54.7 Å². The molecule has 3 N–H and O–H groups in total. The van der Waals surface area contributed by atoms with Gasteiger partial charge in [0.2, 0.25) is 0 Å².